The number of amides is 1. The number of halogens is 2. The minimum absolute atomic E-state index is 0.00342. The zero-order chi connectivity index (χ0) is 15.9. The molecule has 6 heteroatoms. The topological polar surface area (TPSA) is 66.4 Å². The van der Waals surface area contributed by atoms with E-state index in [4.69, 9.17) is 11.6 Å². The second kappa shape index (κ2) is 5.54. The van der Waals surface area contributed by atoms with Crippen LogP contribution in [0.3, 0.4) is 0 Å². The first-order valence-corrected chi connectivity index (χ1v) is 7.77. The highest BCUT2D eigenvalue weighted by atomic mass is 35.5. The lowest BCUT2D eigenvalue weighted by Crippen LogP contribution is -2.43. The van der Waals surface area contributed by atoms with Crippen LogP contribution in [0.1, 0.15) is 43.6 Å². The van der Waals surface area contributed by atoms with E-state index in [-0.39, 0.29) is 30.1 Å². The van der Waals surface area contributed by atoms with Crippen LogP contribution in [0.4, 0.5) is 4.39 Å². The van der Waals surface area contributed by atoms with Crippen LogP contribution < -0.4 is 5.32 Å². The van der Waals surface area contributed by atoms with Crippen molar-refractivity contribution in [2.75, 3.05) is 0 Å². The molecule has 4 nitrogen and oxygen atoms in total. The predicted octanol–water partition coefficient (Wildman–Crippen LogP) is 3.10. The quantitative estimate of drug-likeness (QED) is 0.874. The van der Waals surface area contributed by atoms with Crippen LogP contribution in [-0.4, -0.2) is 23.0 Å². The third-order valence-corrected chi connectivity index (χ3v) is 5.10. The third-order valence-electron chi connectivity index (χ3n) is 4.77. The van der Waals surface area contributed by atoms with Crippen molar-refractivity contribution in [3.8, 4) is 0 Å². The Morgan fingerprint density at radius 1 is 1.41 bits per heavy atom. The normalized spacial score (nSPS) is 25.2. The van der Waals surface area contributed by atoms with Crippen LogP contribution >= 0.6 is 11.6 Å². The summed E-state index contributed by atoms with van der Waals surface area (Å²) >= 11 is 6.02. The van der Waals surface area contributed by atoms with E-state index < -0.39 is 11.4 Å². The highest BCUT2D eigenvalue weighted by Crippen LogP contribution is 2.47. The van der Waals surface area contributed by atoms with Crippen molar-refractivity contribution in [1.29, 1.82) is 0 Å². The molecule has 0 bridgehead atoms. The maximum Gasteiger partial charge on any atom is 0.310 e. The zero-order valence-electron chi connectivity index (χ0n) is 11.9. The summed E-state index contributed by atoms with van der Waals surface area (Å²) in [5, 5.41) is 12.4. The molecule has 1 amide bonds. The summed E-state index contributed by atoms with van der Waals surface area (Å²) in [5.41, 5.74) is -0.463. The van der Waals surface area contributed by atoms with E-state index in [9.17, 15) is 19.1 Å². The second-order valence-corrected chi connectivity index (χ2v) is 6.67. The minimum atomic E-state index is -0.904. The molecule has 1 aromatic rings. The van der Waals surface area contributed by atoms with E-state index in [1.54, 1.807) is 12.1 Å². The van der Waals surface area contributed by atoms with Gasteiger partial charge in [-0.3, -0.25) is 9.59 Å². The van der Waals surface area contributed by atoms with Gasteiger partial charge in [0, 0.05) is 29.0 Å². The number of rotatable bonds is 5. The van der Waals surface area contributed by atoms with Gasteiger partial charge in [0.1, 0.15) is 5.82 Å². The Bertz CT molecular complexity index is 610. The monoisotopic (exact) mass is 325 g/mol. The summed E-state index contributed by atoms with van der Waals surface area (Å²) in [6.07, 6.45) is 2.56. The molecular formula is C16H17ClFNO3. The van der Waals surface area contributed by atoms with Crippen LogP contribution in [0, 0.1) is 11.2 Å². The van der Waals surface area contributed by atoms with E-state index >= 15 is 0 Å². The Morgan fingerprint density at radius 2 is 2.14 bits per heavy atom. The maximum atomic E-state index is 13.8. The number of aliphatic carboxylic acids is 1. The van der Waals surface area contributed by atoms with Crippen molar-refractivity contribution in [2.45, 2.75) is 44.1 Å². The van der Waals surface area contributed by atoms with Gasteiger partial charge in [-0.1, -0.05) is 24.1 Å². The molecule has 118 valence electrons. The van der Waals surface area contributed by atoms with Gasteiger partial charge in [-0.05, 0) is 31.4 Å². The fourth-order valence-electron chi connectivity index (χ4n) is 3.17. The van der Waals surface area contributed by atoms with E-state index in [1.165, 1.54) is 6.07 Å². The number of carbonyl (C=O) groups excluding carboxylic acids is 1. The number of carboxylic acid groups (broad SMARTS) is 1. The lowest BCUT2D eigenvalue weighted by Gasteiger charge is -2.36. The van der Waals surface area contributed by atoms with Gasteiger partial charge in [0.25, 0.3) is 0 Å². The Hall–Kier alpha value is -1.62. The number of carbonyl (C=O) groups is 2. The smallest absolute Gasteiger partial charge is 0.310 e. The van der Waals surface area contributed by atoms with Crippen LogP contribution in [0.5, 0.6) is 0 Å². The highest BCUT2D eigenvalue weighted by Gasteiger charge is 2.48. The van der Waals surface area contributed by atoms with Crippen molar-refractivity contribution in [3.63, 3.8) is 0 Å². The zero-order valence-corrected chi connectivity index (χ0v) is 12.7. The largest absolute Gasteiger partial charge is 0.481 e. The van der Waals surface area contributed by atoms with Gasteiger partial charge in [0.2, 0.25) is 5.91 Å². The average molecular weight is 326 g/mol. The van der Waals surface area contributed by atoms with Crippen molar-refractivity contribution >= 4 is 23.5 Å². The summed E-state index contributed by atoms with van der Waals surface area (Å²) in [6, 6.07) is 4.37. The van der Waals surface area contributed by atoms with Crippen LogP contribution in [0.15, 0.2) is 18.2 Å². The Kier molecular flexibility index (Phi) is 3.85. The third kappa shape index (κ3) is 2.70. The highest BCUT2D eigenvalue weighted by molar-refractivity contribution is 6.31. The number of benzene rings is 1. The summed E-state index contributed by atoms with van der Waals surface area (Å²) in [6.45, 7) is 0. The number of hydrogen-bond acceptors (Lipinski definition) is 2. The molecule has 0 heterocycles. The molecule has 1 aromatic carbocycles. The SMILES string of the molecule is O=C(CC1(C(=O)O)CCC1)NC1CC1c1c(F)cccc1Cl. The average Bonchev–Trinajstić information content (AvgIpc) is 3.12. The molecule has 0 aliphatic heterocycles. The van der Waals surface area contributed by atoms with Gasteiger partial charge in [0.05, 0.1) is 5.41 Å². The van der Waals surface area contributed by atoms with Gasteiger partial charge >= 0.3 is 5.97 Å². The molecule has 3 rings (SSSR count). The van der Waals surface area contributed by atoms with E-state index in [0.29, 0.717) is 29.8 Å². The number of carboxylic acids is 1. The van der Waals surface area contributed by atoms with Gasteiger partial charge in [-0.25, -0.2) is 4.39 Å². The molecule has 22 heavy (non-hydrogen) atoms. The van der Waals surface area contributed by atoms with Crippen molar-refractivity contribution in [3.05, 3.63) is 34.6 Å². The molecule has 2 unspecified atom stereocenters. The van der Waals surface area contributed by atoms with Crippen molar-refractivity contribution < 1.29 is 19.1 Å². The number of hydrogen-bond donors (Lipinski definition) is 2. The van der Waals surface area contributed by atoms with Crippen molar-refractivity contribution in [2.24, 2.45) is 5.41 Å². The summed E-state index contributed by atoms with van der Waals surface area (Å²) in [5.74, 6) is -1.67. The molecule has 0 saturated heterocycles. The Labute approximate surface area is 132 Å². The number of nitrogens with one attached hydrogen (secondary N) is 1. The molecular weight excluding hydrogens is 309 g/mol. The first kappa shape index (κ1) is 15.3. The fourth-order valence-corrected chi connectivity index (χ4v) is 3.48. The molecule has 2 N–H and O–H groups in total. The lowest BCUT2D eigenvalue weighted by atomic mass is 9.66. The van der Waals surface area contributed by atoms with Crippen LogP contribution in [-0.2, 0) is 9.59 Å². The minimum Gasteiger partial charge on any atom is -0.481 e. The molecule has 2 saturated carbocycles. The molecule has 0 aromatic heterocycles. The molecule has 2 atom stereocenters. The van der Waals surface area contributed by atoms with Crippen molar-refractivity contribution in [1.82, 2.24) is 5.32 Å². The molecule has 2 fully saturated rings. The van der Waals surface area contributed by atoms with Gasteiger partial charge in [-0.2, -0.15) is 0 Å². The second-order valence-electron chi connectivity index (χ2n) is 6.27. The fraction of sp³-hybridized carbons (Fsp3) is 0.500. The Balaban J connectivity index is 1.60. The first-order valence-electron chi connectivity index (χ1n) is 7.40. The standard InChI is InChI=1S/C16H17ClFNO3/c17-10-3-1-4-11(18)14(10)9-7-12(9)19-13(20)8-16(15(21)22)5-2-6-16/h1,3-4,9,12H,2,5-8H2,(H,19,20)(H,21,22). The van der Waals surface area contributed by atoms with E-state index in [1.807, 2.05) is 0 Å². The summed E-state index contributed by atoms with van der Waals surface area (Å²) in [4.78, 5) is 23.3. The maximum absolute atomic E-state index is 13.8. The van der Waals surface area contributed by atoms with Crippen LogP contribution in [0.2, 0.25) is 5.02 Å². The van der Waals surface area contributed by atoms with Gasteiger partial charge < -0.3 is 10.4 Å². The summed E-state index contributed by atoms with van der Waals surface area (Å²) in [7, 11) is 0. The molecule has 0 radical (unpaired) electrons. The lowest BCUT2D eigenvalue weighted by molar-refractivity contribution is -0.157. The van der Waals surface area contributed by atoms with E-state index in [0.717, 1.165) is 6.42 Å². The first-order chi connectivity index (χ1) is 10.4. The van der Waals surface area contributed by atoms with Gasteiger partial charge in [0.15, 0.2) is 0 Å². The Morgan fingerprint density at radius 3 is 2.68 bits per heavy atom. The van der Waals surface area contributed by atoms with Gasteiger partial charge in [-0.15, -0.1) is 0 Å². The molecule has 2 aliphatic rings. The molecule has 2 aliphatic carbocycles. The molecule has 0 spiro atoms. The summed E-state index contributed by atoms with van der Waals surface area (Å²) < 4.78 is 13.8. The van der Waals surface area contributed by atoms with E-state index in [2.05, 4.69) is 5.32 Å². The van der Waals surface area contributed by atoms with Crippen LogP contribution in [0.25, 0.3) is 0 Å². The predicted molar refractivity (Wildman–Crippen MR) is 79.2 cm³/mol.